The normalized spacial score (nSPS) is 12.0. The summed E-state index contributed by atoms with van der Waals surface area (Å²) in [5.41, 5.74) is 7.95. The molecule has 142 valence electrons. The van der Waals surface area contributed by atoms with Crippen LogP contribution in [0.1, 0.15) is 33.7 Å². The first-order valence-electron chi connectivity index (χ1n) is 8.36. The summed E-state index contributed by atoms with van der Waals surface area (Å²) in [6.07, 6.45) is -3.51. The Labute approximate surface area is 151 Å². The highest BCUT2D eigenvalue weighted by Crippen LogP contribution is 2.35. The highest BCUT2D eigenvalue weighted by atomic mass is 19.4. The van der Waals surface area contributed by atoms with Gasteiger partial charge in [-0.1, -0.05) is 12.1 Å². The lowest BCUT2D eigenvalue weighted by molar-refractivity contribution is -0.137. The standard InChI is InChI=1S/C19H24F3N3O/c1-12-16(14-6-8-15(9-7-14)19(20,21)22)17(18(23)26)13(2)25(12)11-5-10-24(3)4/h6-9H,5,10-11H2,1-4H3,(H2,23,26). The Hall–Kier alpha value is -2.28. The second kappa shape index (κ2) is 7.53. The molecular formula is C19H24F3N3O. The van der Waals surface area contributed by atoms with Gasteiger partial charge in [-0.15, -0.1) is 0 Å². The number of carbonyl (C=O) groups is 1. The highest BCUT2D eigenvalue weighted by Gasteiger charge is 2.30. The third-order valence-electron chi connectivity index (χ3n) is 4.52. The Kier molecular flexibility index (Phi) is 5.81. The van der Waals surface area contributed by atoms with Crippen molar-refractivity contribution in [2.75, 3.05) is 20.6 Å². The lowest BCUT2D eigenvalue weighted by atomic mass is 9.99. The number of hydrogen-bond donors (Lipinski definition) is 1. The van der Waals surface area contributed by atoms with Crippen molar-refractivity contribution in [3.05, 3.63) is 46.8 Å². The maximum atomic E-state index is 12.8. The van der Waals surface area contributed by atoms with Crippen LogP contribution in [0.25, 0.3) is 11.1 Å². The average Bonchev–Trinajstić information content (AvgIpc) is 2.78. The van der Waals surface area contributed by atoms with Gasteiger partial charge in [0.15, 0.2) is 0 Å². The molecule has 0 radical (unpaired) electrons. The molecule has 0 aliphatic heterocycles. The summed E-state index contributed by atoms with van der Waals surface area (Å²) in [7, 11) is 3.97. The Bertz CT molecular complexity index is 790. The van der Waals surface area contributed by atoms with E-state index in [1.165, 1.54) is 12.1 Å². The van der Waals surface area contributed by atoms with Crippen molar-refractivity contribution in [2.24, 2.45) is 5.73 Å². The van der Waals surface area contributed by atoms with Gasteiger partial charge in [-0.05, 0) is 58.6 Å². The Morgan fingerprint density at radius 3 is 2.15 bits per heavy atom. The van der Waals surface area contributed by atoms with Crippen LogP contribution < -0.4 is 5.73 Å². The van der Waals surface area contributed by atoms with E-state index in [1.807, 2.05) is 32.5 Å². The molecule has 0 atom stereocenters. The number of carbonyl (C=O) groups excluding carboxylic acids is 1. The first kappa shape index (κ1) is 20.0. The van der Waals surface area contributed by atoms with Gasteiger partial charge in [0.2, 0.25) is 0 Å². The first-order chi connectivity index (χ1) is 12.0. The molecule has 4 nitrogen and oxygen atoms in total. The molecule has 0 spiro atoms. The van der Waals surface area contributed by atoms with Gasteiger partial charge in [0.25, 0.3) is 5.91 Å². The molecule has 0 saturated heterocycles. The van der Waals surface area contributed by atoms with Crippen molar-refractivity contribution in [3.8, 4) is 11.1 Å². The monoisotopic (exact) mass is 367 g/mol. The van der Waals surface area contributed by atoms with E-state index in [2.05, 4.69) is 4.90 Å². The summed E-state index contributed by atoms with van der Waals surface area (Å²) in [5, 5.41) is 0. The van der Waals surface area contributed by atoms with E-state index in [0.29, 0.717) is 23.2 Å². The number of hydrogen-bond acceptors (Lipinski definition) is 2. The lowest BCUT2D eigenvalue weighted by Crippen LogP contribution is -2.16. The summed E-state index contributed by atoms with van der Waals surface area (Å²) in [6.45, 7) is 5.27. The maximum absolute atomic E-state index is 12.8. The molecule has 0 bridgehead atoms. The summed E-state index contributed by atoms with van der Waals surface area (Å²) < 4.78 is 40.4. The molecule has 0 aliphatic carbocycles. The molecule has 0 unspecified atom stereocenters. The zero-order chi connectivity index (χ0) is 19.6. The van der Waals surface area contributed by atoms with Crippen LogP contribution in [-0.2, 0) is 12.7 Å². The van der Waals surface area contributed by atoms with Gasteiger partial charge in [0.05, 0.1) is 11.1 Å². The number of rotatable bonds is 6. The fraction of sp³-hybridized carbons (Fsp3) is 0.421. The third kappa shape index (κ3) is 4.09. The van der Waals surface area contributed by atoms with E-state index in [-0.39, 0.29) is 0 Å². The van der Waals surface area contributed by atoms with E-state index in [1.54, 1.807) is 0 Å². The van der Waals surface area contributed by atoms with E-state index in [0.717, 1.165) is 36.5 Å². The van der Waals surface area contributed by atoms with Crippen LogP contribution in [0.2, 0.25) is 0 Å². The Balaban J connectivity index is 2.49. The van der Waals surface area contributed by atoms with E-state index < -0.39 is 17.6 Å². The van der Waals surface area contributed by atoms with Crippen LogP contribution in [0.15, 0.2) is 24.3 Å². The molecule has 1 aromatic heterocycles. The summed E-state index contributed by atoms with van der Waals surface area (Å²) in [4.78, 5) is 14.1. The number of aromatic nitrogens is 1. The lowest BCUT2D eigenvalue weighted by Gasteiger charge is -2.13. The molecule has 1 heterocycles. The molecule has 2 aromatic rings. The number of nitrogens with two attached hydrogens (primary N) is 1. The minimum atomic E-state index is -4.39. The Morgan fingerprint density at radius 2 is 1.69 bits per heavy atom. The van der Waals surface area contributed by atoms with Crippen molar-refractivity contribution in [3.63, 3.8) is 0 Å². The summed E-state index contributed by atoms with van der Waals surface area (Å²) in [5.74, 6) is -0.577. The topological polar surface area (TPSA) is 51.3 Å². The van der Waals surface area contributed by atoms with Crippen LogP contribution in [0, 0.1) is 13.8 Å². The molecule has 7 heteroatoms. The van der Waals surface area contributed by atoms with Crippen molar-refractivity contribution in [1.29, 1.82) is 0 Å². The van der Waals surface area contributed by atoms with Crippen molar-refractivity contribution < 1.29 is 18.0 Å². The molecule has 1 amide bonds. The highest BCUT2D eigenvalue weighted by molar-refractivity contribution is 6.02. The van der Waals surface area contributed by atoms with Crippen LogP contribution in [-0.4, -0.2) is 36.0 Å². The average molecular weight is 367 g/mol. The fourth-order valence-corrected chi connectivity index (χ4v) is 3.24. The predicted molar refractivity (Wildman–Crippen MR) is 96.0 cm³/mol. The minimum Gasteiger partial charge on any atom is -0.366 e. The van der Waals surface area contributed by atoms with E-state index >= 15 is 0 Å². The molecule has 2 rings (SSSR count). The number of halogens is 3. The van der Waals surface area contributed by atoms with Crippen molar-refractivity contribution in [2.45, 2.75) is 33.0 Å². The van der Waals surface area contributed by atoms with Gasteiger partial charge in [0.1, 0.15) is 0 Å². The second-order valence-corrected chi connectivity index (χ2v) is 6.67. The fourth-order valence-electron chi connectivity index (χ4n) is 3.24. The number of primary amides is 1. The predicted octanol–water partition coefficient (Wildman–Crippen LogP) is 3.84. The van der Waals surface area contributed by atoms with Crippen LogP contribution >= 0.6 is 0 Å². The van der Waals surface area contributed by atoms with E-state index in [4.69, 9.17) is 5.73 Å². The molecule has 26 heavy (non-hydrogen) atoms. The van der Waals surface area contributed by atoms with Crippen LogP contribution in [0.3, 0.4) is 0 Å². The summed E-state index contributed by atoms with van der Waals surface area (Å²) >= 11 is 0. The third-order valence-corrected chi connectivity index (χ3v) is 4.52. The van der Waals surface area contributed by atoms with Crippen LogP contribution in [0.5, 0.6) is 0 Å². The zero-order valence-electron chi connectivity index (χ0n) is 15.4. The number of amides is 1. The van der Waals surface area contributed by atoms with Crippen LogP contribution in [0.4, 0.5) is 13.2 Å². The molecule has 0 fully saturated rings. The molecule has 2 N–H and O–H groups in total. The van der Waals surface area contributed by atoms with Gasteiger partial charge >= 0.3 is 6.18 Å². The molecule has 0 aliphatic rings. The van der Waals surface area contributed by atoms with Gasteiger partial charge in [-0.2, -0.15) is 13.2 Å². The van der Waals surface area contributed by atoms with Crippen molar-refractivity contribution in [1.82, 2.24) is 9.47 Å². The number of nitrogens with zero attached hydrogens (tertiary/aromatic N) is 2. The van der Waals surface area contributed by atoms with E-state index in [9.17, 15) is 18.0 Å². The zero-order valence-corrected chi connectivity index (χ0v) is 15.4. The molecule has 0 saturated carbocycles. The SMILES string of the molecule is Cc1c(C(N)=O)c(-c2ccc(C(F)(F)F)cc2)c(C)n1CCCN(C)C. The number of benzene rings is 1. The van der Waals surface area contributed by atoms with Gasteiger partial charge in [-0.25, -0.2) is 0 Å². The quantitative estimate of drug-likeness (QED) is 0.843. The second-order valence-electron chi connectivity index (χ2n) is 6.67. The summed E-state index contributed by atoms with van der Waals surface area (Å²) in [6, 6.07) is 4.83. The first-order valence-corrected chi connectivity index (χ1v) is 8.36. The van der Waals surface area contributed by atoms with Gasteiger partial charge in [0, 0.05) is 23.5 Å². The minimum absolute atomic E-state index is 0.368. The molecular weight excluding hydrogens is 343 g/mol. The molecule has 1 aromatic carbocycles. The largest absolute Gasteiger partial charge is 0.416 e. The number of alkyl halides is 3. The smallest absolute Gasteiger partial charge is 0.366 e. The van der Waals surface area contributed by atoms with Gasteiger partial charge in [-0.3, -0.25) is 4.79 Å². The van der Waals surface area contributed by atoms with Gasteiger partial charge < -0.3 is 15.2 Å². The maximum Gasteiger partial charge on any atom is 0.416 e. The van der Waals surface area contributed by atoms with Crippen molar-refractivity contribution >= 4 is 5.91 Å². The Morgan fingerprint density at radius 1 is 1.12 bits per heavy atom.